The van der Waals surface area contributed by atoms with Gasteiger partial charge in [-0.25, -0.2) is 4.79 Å². The van der Waals surface area contributed by atoms with E-state index < -0.39 is 16.8 Å². The summed E-state index contributed by atoms with van der Waals surface area (Å²) >= 11 is 0. The molecule has 9 heteroatoms. The number of benzene rings is 2. The molecule has 0 saturated heterocycles. The number of rotatable bonds is 9. The molecule has 0 saturated carbocycles. The molecule has 0 spiro atoms. The van der Waals surface area contributed by atoms with Crippen LogP contribution in [0, 0.1) is 10.1 Å². The zero-order valence-corrected chi connectivity index (χ0v) is 15.6. The van der Waals surface area contributed by atoms with Crippen molar-refractivity contribution in [3.8, 4) is 0 Å². The summed E-state index contributed by atoms with van der Waals surface area (Å²) in [6, 6.07) is 10.4. The van der Waals surface area contributed by atoms with Crippen LogP contribution in [0.3, 0.4) is 0 Å². The standard InChI is InChI=1S/C19H21N3O6/c1-3-28-19(24)14-5-4-6-15(11-14)21-18(23)13-7-8-16(20-9-10-27-2)17(12-13)22(25)26/h4-8,11-12,20H,3,9-10H2,1-2H3,(H,21,23). The molecule has 0 atom stereocenters. The third kappa shape index (κ3) is 5.52. The number of ether oxygens (including phenoxy) is 2. The first-order chi connectivity index (χ1) is 13.5. The first-order valence-corrected chi connectivity index (χ1v) is 8.56. The van der Waals surface area contributed by atoms with E-state index in [9.17, 15) is 19.7 Å². The molecule has 0 radical (unpaired) electrons. The maximum absolute atomic E-state index is 12.5. The third-order valence-corrected chi connectivity index (χ3v) is 3.71. The van der Waals surface area contributed by atoms with E-state index in [1.807, 2.05) is 0 Å². The van der Waals surface area contributed by atoms with E-state index in [2.05, 4.69) is 10.6 Å². The van der Waals surface area contributed by atoms with Crippen molar-refractivity contribution in [2.75, 3.05) is 37.5 Å². The van der Waals surface area contributed by atoms with E-state index in [1.165, 1.54) is 31.4 Å². The van der Waals surface area contributed by atoms with Crippen LogP contribution in [0.25, 0.3) is 0 Å². The molecule has 2 rings (SSSR count). The number of carbonyl (C=O) groups excluding carboxylic acids is 2. The molecule has 1 amide bonds. The van der Waals surface area contributed by atoms with Gasteiger partial charge in [0.2, 0.25) is 0 Å². The van der Waals surface area contributed by atoms with Gasteiger partial charge in [0, 0.05) is 31.0 Å². The number of amides is 1. The summed E-state index contributed by atoms with van der Waals surface area (Å²) < 4.78 is 9.83. The average molecular weight is 387 g/mol. The third-order valence-electron chi connectivity index (χ3n) is 3.71. The fourth-order valence-corrected chi connectivity index (χ4v) is 2.40. The molecule has 28 heavy (non-hydrogen) atoms. The molecular formula is C19H21N3O6. The van der Waals surface area contributed by atoms with Gasteiger partial charge in [-0.1, -0.05) is 6.07 Å². The quantitative estimate of drug-likeness (QED) is 0.294. The van der Waals surface area contributed by atoms with Gasteiger partial charge >= 0.3 is 5.97 Å². The van der Waals surface area contributed by atoms with Crippen molar-refractivity contribution in [1.29, 1.82) is 0 Å². The van der Waals surface area contributed by atoms with Crippen LogP contribution >= 0.6 is 0 Å². The molecule has 2 aromatic carbocycles. The normalized spacial score (nSPS) is 10.2. The Labute approximate surface area is 161 Å². The average Bonchev–Trinajstić information content (AvgIpc) is 2.68. The van der Waals surface area contributed by atoms with Crippen molar-refractivity contribution >= 4 is 28.9 Å². The van der Waals surface area contributed by atoms with Crippen molar-refractivity contribution < 1.29 is 24.0 Å². The number of anilines is 2. The van der Waals surface area contributed by atoms with Gasteiger partial charge in [0.15, 0.2) is 0 Å². The second-order valence-electron chi connectivity index (χ2n) is 5.66. The minimum Gasteiger partial charge on any atom is -0.462 e. The van der Waals surface area contributed by atoms with Gasteiger partial charge in [-0.2, -0.15) is 0 Å². The Kier molecular flexibility index (Phi) is 7.46. The summed E-state index contributed by atoms with van der Waals surface area (Å²) in [6.45, 7) is 2.72. The van der Waals surface area contributed by atoms with E-state index in [4.69, 9.17) is 9.47 Å². The van der Waals surface area contributed by atoms with Crippen LogP contribution in [-0.2, 0) is 9.47 Å². The highest BCUT2D eigenvalue weighted by molar-refractivity contribution is 6.05. The van der Waals surface area contributed by atoms with Crippen molar-refractivity contribution in [2.24, 2.45) is 0 Å². The van der Waals surface area contributed by atoms with Crippen molar-refractivity contribution in [3.05, 3.63) is 63.7 Å². The zero-order valence-electron chi connectivity index (χ0n) is 15.6. The number of carbonyl (C=O) groups is 2. The highest BCUT2D eigenvalue weighted by Crippen LogP contribution is 2.26. The molecule has 0 aliphatic rings. The lowest BCUT2D eigenvalue weighted by atomic mass is 10.1. The van der Waals surface area contributed by atoms with Crippen molar-refractivity contribution in [3.63, 3.8) is 0 Å². The van der Waals surface area contributed by atoms with Crippen molar-refractivity contribution in [1.82, 2.24) is 0 Å². The van der Waals surface area contributed by atoms with Crippen LogP contribution in [0.15, 0.2) is 42.5 Å². The minimum absolute atomic E-state index is 0.116. The fraction of sp³-hybridized carbons (Fsp3) is 0.263. The predicted octanol–water partition coefficient (Wildman–Crippen LogP) is 3.08. The van der Waals surface area contributed by atoms with Gasteiger partial charge in [0.05, 0.1) is 23.7 Å². The first kappa shape index (κ1) is 20.8. The van der Waals surface area contributed by atoms with E-state index in [1.54, 1.807) is 25.1 Å². The van der Waals surface area contributed by atoms with Gasteiger partial charge in [0.25, 0.3) is 11.6 Å². The monoisotopic (exact) mass is 387 g/mol. The molecule has 9 nitrogen and oxygen atoms in total. The van der Waals surface area contributed by atoms with E-state index in [0.29, 0.717) is 30.1 Å². The first-order valence-electron chi connectivity index (χ1n) is 8.56. The molecule has 0 heterocycles. The van der Waals surface area contributed by atoms with Crippen LogP contribution < -0.4 is 10.6 Å². The lowest BCUT2D eigenvalue weighted by molar-refractivity contribution is -0.384. The lowest BCUT2D eigenvalue weighted by Crippen LogP contribution is -2.14. The smallest absolute Gasteiger partial charge is 0.338 e. The Balaban J connectivity index is 2.18. The number of nitrogens with zero attached hydrogens (tertiary/aromatic N) is 1. The number of hydrogen-bond acceptors (Lipinski definition) is 7. The highest BCUT2D eigenvalue weighted by Gasteiger charge is 2.18. The van der Waals surface area contributed by atoms with Gasteiger partial charge in [-0.05, 0) is 37.3 Å². The molecule has 2 aromatic rings. The molecule has 0 aliphatic carbocycles. The Morgan fingerprint density at radius 1 is 1.14 bits per heavy atom. The van der Waals surface area contributed by atoms with E-state index in [-0.39, 0.29) is 17.9 Å². The molecule has 0 aromatic heterocycles. The minimum atomic E-state index is -0.562. The summed E-state index contributed by atoms with van der Waals surface area (Å²) in [5.74, 6) is -1.03. The summed E-state index contributed by atoms with van der Waals surface area (Å²) in [5.41, 5.74) is 0.862. The lowest BCUT2D eigenvalue weighted by Gasteiger charge is -2.10. The van der Waals surface area contributed by atoms with E-state index >= 15 is 0 Å². The summed E-state index contributed by atoms with van der Waals surface area (Å²) in [7, 11) is 1.53. The Hall–Kier alpha value is -3.46. The largest absolute Gasteiger partial charge is 0.462 e. The van der Waals surface area contributed by atoms with Crippen LogP contribution in [0.2, 0.25) is 0 Å². The van der Waals surface area contributed by atoms with Crippen molar-refractivity contribution in [2.45, 2.75) is 6.92 Å². The molecule has 0 aliphatic heterocycles. The van der Waals surface area contributed by atoms with Crippen LogP contribution in [0.1, 0.15) is 27.6 Å². The second kappa shape index (κ2) is 10.0. The SMILES string of the molecule is CCOC(=O)c1cccc(NC(=O)c2ccc(NCCOC)c([N+](=O)[O-])c2)c1. The summed E-state index contributed by atoms with van der Waals surface area (Å²) in [5, 5.41) is 16.8. The Bertz CT molecular complexity index is 868. The number of methoxy groups -OCH3 is 1. The van der Waals surface area contributed by atoms with Crippen LogP contribution in [-0.4, -0.2) is 43.7 Å². The zero-order chi connectivity index (χ0) is 20.5. The van der Waals surface area contributed by atoms with Gasteiger partial charge in [0.1, 0.15) is 5.69 Å². The number of hydrogen-bond donors (Lipinski definition) is 2. The summed E-state index contributed by atoms with van der Waals surface area (Å²) in [6.07, 6.45) is 0. The second-order valence-corrected chi connectivity index (χ2v) is 5.66. The maximum atomic E-state index is 12.5. The van der Waals surface area contributed by atoms with Gasteiger partial charge in [-0.3, -0.25) is 14.9 Å². The highest BCUT2D eigenvalue weighted by atomic mass is 16.6. The predicted molar refractivity (Wildman–Crippen MR) is 104 cm³/mol. The number of nitrogens with one attached hydrogen (secondary N) is 2. The van der Waals surface area contributed by atoms with Gasteiger partial charge in [-0.15, -0.1) is 0 Å². The molecule has 0 fully saturated rings. The maximum Gasteiger partial charge on any atom is 0.338 e. The number of nitro benzene ring substituents is 1. The topological polar surface area (TPSA) is 120 Å². The molecule has 2 N–H and O–H groups in total. The summed E-state index contributed by atoms with van der Waals surface area (Å²) in [4.78, 5) is 35.0. The molecule has 0 bridgehead atoms. The van der Waals surface area contributed by atoms with Gasteiger partial charge < -0.3 is 20.1 Å². The van der Waals surface area contributed by atoms with E-state index in [0.717, 1.165) is 0 Å². The Morgan fingerprint density at radius 2 is 1.93 bits per heavy atom. The molecule has 0 unspecified atom stereocenters. The molecule has 148 valence electrons. The number of nitro groups is 1. The fourth-order valence-electron chi connectivity index (χ4n) is 2.40. The number of esters is 1. The molecular weight excluding hydrogens is 366 g/mol. The van der Waals surface area contributed by atoms with Crippen LogP contribution in [0.5, 0.6) is 0 Å². The van der Waals surface area contributed by atoms with Crippen LogP contribution in [0.4, 0.5) is 17.1 Å². The Morgan fingerprint density at radius 3 is 2.61 bits per heavy atom.